The maximum absolute atomic E-state index is 12.4. The highest BCUT2D eigenvalue weighted by molar-refractivity contribution is 7.92. The second kappa shape index (κ2) is 5.70. The Morgan fingerprint density at radius 3 is 2.45 bits per heavy atom. The molecule has 1 fully saturated rings. The highest BCUT2D eigenvalue weighted by Crippen LogP contribution is 2.25. The number of rotatable bonds is 3. The SMILES string of the molecule is O=C(c1cccnc1)N1CC(S(=O)(=O)c2ccc(Cl)cc2)C1. The molecule has 0 spiro atoms. The molecule has 2 heterocycles. The molecule has 22 heavy (non-hydrogen) atoms. The van der Waals surface area contributed by atoms with Gasteiger partial charge in [0.15, 0.2) is 9.84 Å². The van der Waals surface area contributed by atoms with Crippen LogP contribution < -0.4 is 0 Å². The number of benzene rings is 1. The molecule has 0 radical (unpaired) electrons. The second-order valence-corrected chi connectivity index (χ2v) is 7.74. The third-order valence-electron chi connectivity index (χ3n) is 3.62. The average Bonchev–Trinajstić information content (AvgIpc) is 2.46. The van der Waals surface area contributed by atoms with E-state index in [1.54, 1.807) is 30.5 Å². The van der Waals surface area contributed by atoms with Crippen molar-refractivity contribution >= 4 is 27.3 Å². The van der Waals surface area contributed by atoms with Crippen LogP contribution in [0.4, 0.5) is 0 Å². The highest BCUT2D eigenvalue weighted by Gasteiger charge is 2.40. The molecule has 1 amide bonds. The van der Waals surface area contributed by atoms with E-state index in [1.807, 2.05) is 0 Å². The van der Waals surface area contributed by atoms with Crippen LogP contribution in [0.25, 0.3) is 0 Å². The number of carbonyl (C=O) groups excluding carboxylic acids is 1. The van der Waals surface area contributed by atoms with Crippen LogP contribution in [-0.4, -0.2) is 42.5 Å². The Morgan fingerprint density at radius 2 is 1.86 bits per heavy atom. The quantitative estimate of drug-likeness (QED) is 0.860. The molecule has 1 saturated heterocycles. The lowest BCUT2D eigenvalue weighted by atomic mass is 10.1. The van der Waals surface area contributed by atoms with E-state index in [1.165, 1.54) is 23.2 Å². The number of pyridine rings is 1. The predicted molar refractivity (Wildman–Crippen MR) is 82.6 cm³/mol. The number of nitrogens with zero attached hydrogens (tertiary/aromatic N) is 2. The van der Waals surface area contributed by atoms with Crippen LogP contribution in [0, 0.1) is 0 Å². The van der Waals surface area contributed by atoms with Crippen molar-refractivity contribution in [2.75, 3.05) is 13.1 Å². The monoisotopic (exact) mass is 336 g/mol. The first-order valence-corrected chi connectivity index (χ1v) is 8.59. The van der Waals surface area contributed by atoms with Crippen molar-refractivity contribution in [2.24, 2.45) is 0 Å². The smallest absolute Gasteiger partial charge is 0.255 e. The number of carbonyl (C=O) groups is 1. The number of hydrogen-bond donors (Lipinski definition) is 0. The molecule has 7 heteroatoms. The molecule has 1 aliphatic rings. The maximum Gasteiger partial charge on any atom is 0.255 e. The second-order valence-electron chi connectivity index (χ2n) is 5.07. The van der Waals surface area contributed by atoms with Crippen LogP contribution in [0.3, 0.4) is 0 Å². The molecule has 0 unspecified atom stereocenters. The maximum atomic E-state index is 12.4. The molecule has 114 valence electrons. The van der Waals surface area contributed by atoms with Gasteiger partial charge in [0.1, 0.15) is 5.25 Å². The standard InChI is InChI=1S/C15H13ClN2O3S/c16-12-3-5-13(6-4-12)22(20,21)14-9-18(10-14)15(19)11-2-1-7-17-8-11/h1-8,14H,9-10H2. The third-order valence-corrected chi connectivity index (χ3v) is 5.98. The molecule has 0 N–H and O–H groups in total. The Hall–Kier alpha value is -1.92. The van der Waals surface area contributed by atoms with Crippen molar-refractivity contribution in [3.05, 3.63) is 59.4 Å². The number of amides is 1. The minimum Gasteiger partial charge on any atom is -0.336 e. The largest absolute Gasteiger partial charge is 0.336 e. The lowest BCUT2D eigenvalue weighted by Crippen LogP contribution is -2.56. The van der Waals surface area contributed by atoms with Crippen LogP contribution >= 0.6 is 11.6 Å². The molecule has 1 aromatic heterocycles. The Bertz CT molecular complexity index is 785. The summed E-state index contributed by atoms with van der Waals surface area (Å²) in [5.41, 5.74) is 0.463. The van der Waals surface area contributed by atoms with Gasteiger partial charge in [-0.1, -0.05) is 11.6 Å². The lowest BCUT2D eigenvalue weighted by Gasteiger charge is -2.38. The fourth-order valence-corrected chi connectivity index (χ4v) is 4.07. The summed E-state index contributed by atoms with van der Waals surface area (Å²) in [5.74, 6) is -0.198. The lowest BCUT2D eigenvalue weighted by molar-refractivity contribution is 0.0658. The van der Waals surface area contributed by atoms with E-state index in [-0.39, 0.29) is 23.9 Å². The van der Waals surface area contributed by atoms with Gasteiger partial charge in [-0.25, -0.2) is 8.42 Å². The first-order chi connectivity index (χ1) is 10.5. The van der Waals surface area contributed by atoms with Crippen LogP contribution in [0.15, 0.2) is 53.7 Å². The summed E-state index contributed by atoms with van der Waals surface area (Å²) in [6.07, 6.45) is 3.06. The number of hydrogen-bond acceptors (Lipinski definition) is 4. The fraction of sp³-hybridized carbons (Fsp3) is 0.200. The molecule has 0 bridgehead atoms. The summed E-state index contributed by atoms with van der Waals surface area (Å²) < 4.78 is 24.9. The molecule has 0 atom stereocenters. The zero-order chi connectivity index (χ0) is 15.7. The molecule has 0 aliphatic carbocycles. The minimum absolute atomic E-state index is 0.193. The zero-order valence-corrected chi connectivity index (χ0v) is 13.1. The summed E-state index contributed by atoms with van der Waals surface area (Å²) in [5, 5.41) is -0.0877. The van der Waals surface area contributed by atoms with Crippen LogP contribution in [0.1, 0.15) is 10.4 Å². The molecule has 3 rings (SSSR count). The highest BCUT2D eigenvalue weighted by atomic mass is 35.5. The summed E-state index contributed by atoms with van der Waals surface area (Å²) in [6.45, 7) is 0.386. The van der Waals surface area contributed by atoms with Crippen molar-refractivity contribution < 1.29 is 13.2 Å². The Morgan fingerprint density at radius 1 is 1.18 bits per heavy atom. The summed E-state index contributed by atoms with van der Waals surface area (Å²) in [6, 6.07) is 9.41. The first kappa shape index (κ1) is 15.0. The molecular weight excluding hydrogens is 324 g/mol. The Labute approximate surface area is 133 Å². The minimum atomic E-state index is -3.44. The van der Waals surface area contributed by atoms with Crippen LogP contribution in [0.2, 0.25) is 5.02 Å². The predicted octanol–water partition coefficient (Wildman–Crippen LogP) is 2.03. The van der Waals surface area contributed by atoms with E-state index in [2.05, 4.69) is 4.98 Å². The van der Waals surface area contributed by atoms with Gasteiger partial charge in [0.2, 0.25) is 0 Å². The van der Waals surface area contributed by atoms with Gasteiger partial charge in [-0.2, -0.15) is 0 Å². The van der Waals surface area contributed by atoms with Gasteiger partial charge in [0.05, 0.1) is 10.5 Å². The van der Waals surface area contributed by atoms with E-state index in [9.17, 15) is 13.2 Å². The summed E-state index contributed by atoms with van der Waals surface area (Å²) >= 11 is 5.77. The van der Waals surface area contributed by atoms with Gasteiger partial charge in [0.25, 0.3) is 5.91 Å². The summed E-state index contributed by atoms with van der Waals surface area (Å²) in [7, 11) is -3.44. The van der Waals surface area contributed by atoms with Crippen molar-refractivity contribution in [2.45, 2.75) is 10.1 Å². The van der Waals surface area contributed by atoms with Gasteiger partial charge in [-0.05, 0) is 36.4 Å². The van der Waals surface area contributed by atoms with Gasteiger partial charge in [0, 0.05) is 30.5 Å². The van der Waals surface area contributed by atoms with Crippen molar-refractivity contribution in [1.82, 2.24) is 9.88 Å². The number of likely N-dealkylation sites (tertiary alicyclic amines) is 1. The summed E-state index contributed by atoms with van der Waals surface area (Å²) in [4.78, 5) is 17.8. The van der Waals surface area contributed by atoms with E-state index < -0.39 is 15.1 Å². The molecule has 0 saturated carbocycles. The zero-order valence-electron chi connectivity index (χ0n) is 11.5. The number of aromatic nitrogens is 1. The number of sulfone groups is 1. The van der Waals surface area contributed by atoms with Crippen LogP contribution in [-0.2, 0) is 9.84 Å². The van der Waals surface area contributed by atoms with Crippen molar-refractivity contribution in [3.63, 3.8) is 0 Å². The van der Waals surface area contributed by atoms with Crippen molar-refractivity contribution in [3.8, 4) is 0 Å². The van der Waals surface area contributed by atoms with Gasteiger partial charge in [-0.15, -0.1) is 0 Å². The van der Waals surface area contributed by atoms with Gasteiger partial charge in [-0.3, -0.25) is 9.78 Å². The average molecular weight is 337 g/mol. The Balaban J connectivity index is 1.70. The van der Waals surface area contributed by atoms with Crippen molar-refractivity contribution in [1.29, 1.82) is 0 Å². The topological polar surface area (TPSA) is 67.3 Å². The van der Waals surface area contributed by atoms with E-state index in [4.69, 9.17) is 11.6 Å². The molecule has 5 nitrogen and oxygen atoms in total. The van der Waals surface area contributed by atoms with Crippen LogP contribution in [0.5, 0.6) is 0 Å². The molecule has 1 aliphatic heterocycles. The Kier molecular flexibility index (Phi) is 3.88. The van der Waals surface area contributed by atoms with Gasteiger partial charge < -0.3 is 4.90 Å². The van der Waals surface area contributed by atoms with E-state index in [0.717, 1.165) is 0 Å². The molecule has 2 aromatic rings. The third kappa shape index (κ3) is 2.71. The number of halogens is 1. The fourth-order valence-electron chi connectivity index (χ4n) is 2.29. The normalized spacial score (nSPS) is 15.4. The molecular formula is C15H13ClN2O3S. The first-order valence-electron chi connectivity index (χ1n) is 6.67. The van der Waals surface area contributed by atoms with Gasteiger partial charge >= 0.3 is 0 Å². The van der Waals surface area contributed by atoms with E-state index in [0.29, 0.717) is 10.6 Å². The van der Waals surface area contributed by atoms with E-state index >= 15 is 0 Å². The molecule has 1 aromatic carbocycles.